The van der Waals surface area contributed by atoms with Gasteiger partial charge in [-0.15, -0.1) is 0 Å². The van der Waals surface area contributed by atoms with Crippen LogP contribution in [0.1, 0.15) is 15.9 Å². The Bertz CT molecular complexity index is 1250. The van der Waals surface area contributed by atoms with E-state index in [4.69, 9.17) is 21.6 Å². The lowest BCUT2D eigenvalue weighted by atomic mass is 10.1. The minimum Gasteiger partial charge on any atom is -0.497 e. The summed E-state index contributed by atoms with van der Waals surface area (Å²) in [6.45, 7) is 0. The number of halogens is 1. The predicted octanol–water partition coefficient (Wildman–Crippen LogP) is 4.27. The number of carbonyl (C=O) groups is 1. The van der Waals surface area contributed by atoms with Crippen LogP contribution in [0.3, 0.4) is 0 Å². The van der Waals surface area contributed by atoms with Crippen molar-refractivity contribution >= 4 is 38.9 Å². The standard InChI is InChI=1S/C21H16ClN3O4S/c1-29-16-6-4-5-15(11-16)24-21(26)18-7-2-3-8-20(18)25-30(27,28)17-10-9-14(13-23)19(22)12-17/h2-12,25H,1H3,(H,24,26). The molecule has 0 saturated heterocycles. The van der Waals surface area contributed by atoms with Crippen LogP contribution in [0, 0.1) is 11.3 Å². The van der Waals surface area contributed by atoms with Gasteiger partial charge in [0.2, 0.25) is 0 Å². The number of methoxy groups -OCH3 is 1. The third-order valence-electron chi connectivity index (χ3n) is 4.11. The monoisotopic (exact) mass is 441 g/mol. The molecule has 3 aromatic carbocycles. The highest BCUT2D eigenvalue weighted by atomic mass is 35.5. The van der Waals surface area contributed by atoms with Crippen molar-refractivity contribution in [1.29, 1.82) is 5.26 Å². The second kappa shape index (κ2) is 8.86. The van der Waals surface area contributed by atoms with Crippen molar-refractivity contribution < 1.29 is 17.9 Å². The minimum absolute atomic E-state index is 0.0180. The third kappa shape index (κ3) is 4.71. The maximum absolute atomic E-state index is 12.8. The van der Waals surface area contributed by atoms with E-state index in [9.17, 15) is 13.2 Å². The largest absolute Gasteiger partial charge is 0.497 e. The van der Waals surface area contributed by atoms with E-state index in [-0.39, 0.29) is 26.7 Å². The first-order chi connectivity index (χ1) is 14.3. The second-order valence-corrected chi connectivity index (χ2v) is 8.18. The fourth-order valence-electron chi connectivity index (χ4n) is 2.63. The molecule has 0 bridgehead atoms. The van der Waals surface area contributed by atoms with E-state index in [0.717, 1.165) is 0 Å². The van der Waals surface area contributed by atoms with Gasteiger partial charge >= 0.3 is 0 Å². The first-order valence-corrected chi connectivity index (χ1v) is 10.5. The zero-order valence-electron chi connectivity index (χ0n) is 15.7. The summed E-state index contributed by atoms with van der Waals surface area (Å²) in [5.41, 5.74) is 0.881. The van der Waals surface area contributed by atoms with E-state index >= 15 is 0 Å². The van der Waals surface area contributed by atoms with Gasteiger partial charge in [0, 0.05) is 11.8 Å². The number of para-hydroxylation sites is 1. The molecule has 0 aliphatic carbocycles. The number of carbonyl (C=O) groups excluding carboxylic acids is 1. The molecular weight excluding hydrogens is 426 g/mol. The molecule has 0 aliphatic rings. The van der Waals surface area contributed by atoms with E-state index in [0.29, 0.717) is 11.4 Å². The molecule has 0 spiro atoms. The molecule has 30 heavy (non-hydrogen) atoms. The molecule has 0 radical (unpaired) electrons. The Balaban J connectivity index is 1.88. The summed E-state index contributed by atoms with van der Waals surface area (Å²) in [6.07, 6.45) is 0. The van der Waals surface area contributed by atoms with E-state index < -0.39 is 15.9 Å². The first kappa shape index (κ1) is 21.2. The number of sulfonamides is 1. The number of hydrogen-bond donors (Lipinski definition) is 2. The lowest BCUT2D eigenvalue weighted by molar-refractivity contribution is 0.102. The van der Waals surface area contributed by atoms with Gasteiger partial charge in [-0.1, -0.05) is 29.8 Å². The number of nitrogens with zero attached hydrogens (tertiary/aromatic N) is 1. The van der Waals surface area contributed by atoms with Crippen molar-refractivity contribution in [3.63, 3.8) is 0 Å². The van der Waals surface area contributed by atoms with Crippen molar-refractivity contribution in [1.82, 2.24) is 0 Å². The zero-order valence-corrected chi connectivity index (χ0v) is 17.3. The fourth-order valence-corrected chi connectivity index (χ4v) is 4.02. The van der Waals surface area contributed by atoms with Crippen LogP contribution in [0.5, 0.6) is 5.75 Å². The number of nitriles is 1. The summed E-state index contributed by atoms with van der Waals surface area (Å²) >= 11 is 5.95. The number of ether oxygens (including phenoxy) is 1. The van der Waals surface area contributed by atoms with Gasteiger partial charge in [0.25, 0.3) is 15.9 Å². The van der Waals surface area contributed by atoms with Crippen molar-refractivity contribution in [2.75, 3.05) is 17.1 Å². The number of nitrogens with one attached hydrogen (secondary N) is 2. The van der Waals surface area contributed by atoms with Crippen molar-refractivity contribution in [2.24, 2.45) is 0 Å². The number of hydrogen-bond acceptors (Lipinski definition) is 5. The molecule has 2 N–H and O–H groups in total. The van der Waals surface area contributed by atoms with E-state index in [1.165, 1.54) is 37.4 Å². The Labute approximate surface area is 178 Å². The lowest BCUT2D eigenvalue weighted by Gasteiger charge is -2.13. The molecule has 0 heterocycles. The maximum atomic E-state index is 12.8. The summed E-state index contributed by atoms with van der Waals surface area (Å²) in [5.74, 6) is 0.0684. The quantitative estimate of drug-likeness (QED) is 0.593. The fraction of sp³-hybridized carbons (Fsp3) is 0.0476. The molecule has 0 aromatic heterocycles. The molecule has 0 unspecified atom stereocenters. The molecule has 1 amide bonds. The van der Waals surface area contributed by atoms with E-state index in [1.54, 1.807) is 36.4 Å². The summed E-state index contributed by atoms with van der Waals surface area (Å²) in [7, 11) is -2.53. The van der Waals surface area contributed by atoms with Gasteiger partial charge < -0.3 is 10.1 Å². The number of rotatable bonds is 6. The Kier molecular flexibility index (Phi) is 6.26. The van der Waals surface area contributed by atoms with Gasteiger partial charge in [-0.05, 0) is 42.5 Å². The smallest absolute Gasteiger partial charge is 0.261 e. The first-order valence-electron chi connectivity index (χ1n) is 8.61. The zero-order chi connectivity index (χ0) is 21.7. The predicted molar refractivity (Wildman–Crippen MR) is 114 cm³/mol. The number of anilines is 2. The third-order valence-corrected chi connectivity index (χ3v) is 5.79. The van der Waals surface area contributed by atoms with Crippen LogP contribution >= 0.6 is 11.6 Å². The van der Waals surface area contributed by atoms with E-state index in [1.807, 2.05) is 6.07 Å². The molecule has 0 aliphatic heterocycles. The highest BCUT2D eigenvalue weighted by Gasteiger charge is 2.20. The SMILES string of the molecule is COc1cccc(NC(=O)c2ccccc2NS(=O)(=O)c2ccc(C#N)c(Cl)c2)c1. The average Bonchev–Trinajstić information content (AvgIpc) is 2.73. The molecule has 3 rings (SSSR count). The average molecular weight is 442 g/mol. The number of amides is 1. The van der Waals surface area contributed by atoms with Crippen LogP contribution in [-0.4, -0.2) is 21.4 Å². The molecule has 0 fully saturated rings. The van der Waals surface area contributed by atoms with Gasteiger partial charge in [0.15, 0.2) is 0 Å². The Morgan fingerprint density at radius 2 is 1.83 bits per heavy atom. The van der Waals surface area contributed by atoms with Crippen LogP contribution in [-0.2, 0) is 10.0 Å². The van der Waals surface area contributed by atoms with Crippen molar-refractivity contribution in [3.05, 3.63) is 82.9 Å². The maximum Gasteiger partial charge on any atom is 0.261 e. The molecule has 0 saturated carbocycles. The van der Waals surface area contributed by atoms with Crippen LogP contribution in [0.4, 0.5) is 11.4 Å². The van der Waals surface area contributed by atoms with Gasteiger partial charge in [0.1, 0.15) is 11.8 Å². The molecule has 3 aromatic rings. The molecular formula is C21H16ClN3O4S. The number of benzene rings is 3. The Morgan fingerprint density at radius 3 is 2.53 bits per heavy atom. The topological polar surface area (TPSA) is 108 Å². The normalized spacial score (nSPS) is 10.7. The summed E-state index contributed by atoms with van der Waals surface area (Å²) in [6, 6.07) is 18.6. The van der Waals surface area contributed by atoms with Gasteiger partial charge in [-0.3, -0.25) is 9.52 Å². The Morgan fingerprint density at radius 1 is 1.07 bits per heavy atom. The van der Waals surface area contributed by atoms with Gasteiger partial charge in [-0.25, -0.2) is 8.42 Å². The summed E-state index contributed by atoms with van der Waals surface area (Å²) < 4.78 is 33.1. The van der Waals surface area contributed by atoms with E-state index in [2.05, 4.69) is 10.0 Å². The van der Waals surface area contributed by atoms with Gasteiger partial charge in [0.05, 0.1) is 33.8 Å². The van der Waals surface area contributed by atoms with Gasteiger partial charge in [-0.2, -0.15) is 5.26 Å². The Hall–Kier alpha value is -3.54. The molecule has 152 valence electrons. The van der Waals surface area contributed by atoms with Crippen LogP contribution in [0.25, 0.3) is 0 Å². The van der Waals surface area contributed by atoms with Crippen LogP contribution < -0.4 is 14.8 Å². The van der Waals surface area contributed by atoms with Crippen LogP contribution in [0.15, 0.2) is 71.6 Å². The highest BCUT2D eigenvalue weighted by molar-refractivity contribution is 7.92. The lowest BCUT2D eigenvalue weighted by Crippen LogP contribution is -2.18. The highest BCUT2D eigenvalue weighted by Crippen LogP contribution is 2.25. The second-order valence-electron chi connectivity index (χ2n) is 6.09. The molecule has 7 nitrogen and oxygen atoms in total. The molecule has 0 atom stereocenters. The molecule has 9 heteroatoms. The summed E-state index contributed by atoms with van der Waals surface area (Å²) in [5, 5.41) is 11.7. The van der Waals surface area contributed by atoms with Crippen molar-refractivity contribution in [2.45, 2.75) is 4.90 Å². The van der Waals surface area contributed by atoms with Crippen LogP contribution in [0.2, 0.25) is 5.02 Å². The van der Waals surface area contributed by atoms with Crippen molar-refractivity contribution in [3.8, 4) is 11.8 Å². The summed E-state index contributed by atoms with van der Waals surface area (Å²) in [4.78, 5) is 12.6. The minimum atomic E-state index is -4.04.